The number of hydrogen-bond acceptors (Lipinski definition) is 5. The molecular weight excluding hydrogens is 354 g/mol. The van der Waals surface area contributed by atoms with Crippen LogP contribution in [-0.4, -0.2) is 44.3 Å². The van der Waals surface area contributed by atoms with Gasteiger partial charge in [0.15, 0.2) is 0 Å². The van der Waals surface area contributed by atoms with Crippen molar-refractivity contribution in [2.24, 2.45) is 0 Å². The van der Waals surface area contributed by atoms with Gasteiger partial charge in [0.1, 0.15) is 5.69 Å². The number of aromatic nitrogens is 1. The first kappa shape index (κ1) is 18.3. The highest BCUT2D eigenvalue weighted by Gasteiger charge is 2.13. The van der Waals surface area contributed by atoms with Gasteiger partial charge in [0, 0.05) is 30.7 Å². The van der Waals surface area contributed by atoms with Crippen molar-refractivity contribution < 1.29 is 14.3 Å². The number of carbonyl (C=O) groups excluding carboxylic acids is 1. The Labute approximate surface area is 164 Å². The first-order valence-electron chi connectivity index (χ1n) is 9.38. The average molecular weight is 377 g/mol. The molecule has 2 heterocycles. The molecule has 6 heteroatoms. The van der Waals surface area contributed by atoms with Crippen molar-refractivity contribution in [1.29, 1.82) is 0 Å². The molecule has 3 aromatic rings. The summed E-state index contributed by atoms with van der Waals surface area (Å²) in [7, 11) is 1.56. The minimum atomic E-state index is -0.221. The van der Waals surface area contributed by atoms with Gasteiger partial charge in [-0.15, -0.1) is 0 Å². The van der Waals surface area contributed by atoms with Gasteiger partial charge in [-0.25, -0.2) is 4.98 Å². The maximum atomic E-state index is 12.6. The Morgan fingerprint density at radius 1 is 1.14 bits per heavy atom. The van der Waals surface area contributed by atoms with E-state index in [1.54, 1.807) is 13.2 Å². The summed E-state index contributed by atoms with van der Waals surface area (Å²) in [4.78, 5) is 19.2. The Morgan fingerprint density at radius 3 is 2.64 bits per heavy atom. The van der Waals surface area contributed by atoms with Crippen LogP contribution in [0, 0.1) is 0 Å². The van der Waals surface area contributed by atoms with Gasteiger partial charge in [-0.1, -0.05) is 30.3 Å². The maximum absolute atomic E-state index is 12.6. The van der Waals surface area contributed by atoms with Crippen LogP contribution in [0.1, 0.15) is 16.1 Å². The van der Waals surface area contributed by atoms with Gasteiger partial charge in [-0.3, -0.25) is 4.79 Å². The molecule has 0 bridgehead atoms. The molecule has 0 radical (unpaired) electrons. The van der Waals surface area contributed by atoms with E-state index in [4.69, 9.17) is 9.47 Å². The molecule has 4 rings (SSSR count). The number of nitrogens with one attached hydrogen (secondary N) is 1. The molecule has 1 N–H and O–H groups in total. The number of anilines is 1. The largest absolute Gasteiger partial charge is 0.481 e. The van der Waals surface area contributed by atoms with Gasteiger partial charge >= 0.3 is 0 Å². The Kier molecular flexibility index (Phi) is 5.39. The number of nitrogens with zero attached hydrogens (tertiary/aromatic N) is 2. The molecule has 0 spiro atoms. The summed E-state index contributed by atoms with van der Waals surface area (Å²) in [6.45, 7) is 3.79. The molecule has 1 saturated heterocycles. The molecule has 1 amide bonds. The van der Waals surface area contributed by atoms with Gasteiger partial charge in [0.25, 0.3) is 5.91 Å². The topological polar surface area (TPSA) is 63.7 Å². The zero-order valence-corrected chi connectivity index (χ0v) is 15.9. The van der Waals surface area contributed by atoms with Gasteiger partial charge in [-0.2, -0.15) is 0 Å². The number of fused-ring (bicyclic) bond motifs is 1. The Morgan fingerprint density at radius 2 is 1.89 bits per heavy atom. The molecule has 6 nitrogen and oxygen atoms in total. The molecule has 1 fully saturated rings. The molecular formula is C22H23N3O3. The van der Waals surface area contributed by atoms with Crippen molar-refractivity contribution in [1.82, 2.24) is 10.3 Å². The number of methoxy groups -OCH3 is 1. The third-order valence-electron chi connectivity index (χ3n) is 4.90. The lowest BCUT2D eigenvalue weighted by atomic mass is 10.1. The Hall–Kier alpha value is -3.12. The van der Waals surface area contributed by atoms with Gasteiger partial charge in [0.05, 0.1) is 20.3 Å². The average Bonchev–Trinajstić information content (AvgIpc) is 2.77. The van der Waals surface area contributed by atoms with Crippen LogP contribution in [0.5, 0.6) is 5.88 Å². The second kappa shape index (κ2) is 8.27. The molecule has 1 aliphatic rings. The zero-order chi connectivity index (χ0) is 19.3. The fraction of sp³-hybridized carbons (Fsp3) is 0.273. The normalized spacial score (nSPS) is 14.1. The van der Waals surface area contributed by atoms with Crippen LogP contribution >= 0.6 is 0 Å². The highest BCUT2D eigenvalue weighted by atomic mass is 16.5. The minimum absolute atomic E-state index is 0.221. The number of carbonyl (C=O) groups is 1. The number of benzene rings is 2. The van der Waals surface area contributed by atoms with Crippen molar-refractivity contribution in [2.75, 3.05) is 38.3 Å². The molecule has 0 saturated carbocycles. The molecule has 0 unspecified atom stereocenters. The van der Waals surface area contributed by atoms with Crippen LogP contribution < -0.4 is 15.0 Å². The first-order chi connectivity index (χ1) is 13.7. The highest BCUT2D eigenvalue weighted by molar-refractivity contribution is 5.98. The standard InChI is InChI=1S/C22H23N3O3/c1-27-22-19-5-3-2-4-17(19)14-20(24-22)21(26)23-15-16-6-8-18(9-7-16)25-10-12-28-13-11-25/h2-9,14H,10-13,15H2,1H3,(H,23,26). The molecule has 0 aliphatic carbocycles. The molecule has 1 aliphatic heterocycles. The quantitative estimate of drug-likeness (QED) is 0.741. The number of amides is 1. The van der Waals surface area contributed by atoms with Crippen LogP contribution in [0.4, 0.5) is 5.69 Å². The summed E-state index contributed by atoms with van der Waals surface area (Å²) in [5, 5.41) is 4.75. The number of hydrogen-bond donors (Lipinski definition) is 1. The van der Waals surface area contributed by atoms with Crippen molar-refractivity contribution in [2.45, 2.75) is 6.54 Å². The van der Waals surface area contributed by atoms with Gasteiger partial charge in [-0.05, 0) is 35.2 Å². The Bertz CT molecular complexity index is 966. The van der Waals surface area contributed by atoms with E-state index < -0.39 is 0 Å². The highest BCUT2D eigenvalue weighted by Crippen LogP contribution is 2.24. The van der Waals surface area contributed by atoms with E-state index >= 15 is 0 Å². The van der Waals surface area contributed by atoms with E-state index in [2.05, 4.69) is 27.3 Å². The summed E-state index contributed by atoms with van der Waals surface area (Å²) < 4.78 is 10.7. The molecule has 0 atom stereocenters. The molecule has 1 aromatic heterocycles. The lowest BCUT2D eigenvalue weighted by molar-refractivity contribution is 0.0945. The number of morpholine rings is 1. The minimum Gasteiger partial charge on any atom is -0.481 e. The van der Waals surface area contributed by atoms with Crippen LogP contribution in [0.3, 0.4) is 0 Å². The van der Waals surface area contributed by atoms with Crippen LogP contribution in [0.15, 0.2) is 54.6 Å². The van der Waals surface area contributed by atoms with E-state index in [0.29, 0.717) is 18.1 Å². The molecule has 144 valence electrons. The van der Waals surface area contributed by atoms with Gasteiger partial charge < -0.3 is 19.7 Å². The lowest BCUT2D eigenvalue weighted by Crippen LogP contribution is -2.36. The summed E-state index contributed by atoms with van der Waals surface area (Å²) in [6, 6.07) is 17.8. The summed E-state index contributed by atoms with van der Waals surface area (Å²) >= 11 is 0. The first-order valence-corrected chi connectivity index (χ1v) is 9.38. The maximum Gasteiger partial charge on any atom is 0.270 e. The van der Waals surface area contributed by atoms with E-state index in [-0.39, 0.29) is 5.91 Å². The predicted octanol–water partition coefficient (Wildman–Crippen LogP) is 3.01. The Balaban J connectivity index is 1.43. The van der Waals surface area contributed by atoms with E-state index in [9.17, 15) is 4.79 Å². The van der Waals surface area contributed by atoms with E-state index in [1.165, 1.54) is 5.69 Å². The van der Waals surface area contributed by atoms with Crippen LogP contribution in [0.25, 0.3) is 10.8 Å². The van der Waals surface area contributed by atoms with Crippen molar-refractivity contribution in [3.63, 3.8) is 0 Å². The molecule has 2 aromatic carbocycles. The summed E-state index contributed by atoms with van der Waals surface area (Å²) in [5.74, 6) is 0.236. The fourth-order valence-electron chi connectivity index (χ4n) is 3.36. The van der Waals surface area contributed by atoms with Crippen molar-refractivity contribution in [3.8, 4) is 5.88 Å². The number of pyridine rings is 1. The van der Waals surface area contributed by atoms with Crippen LogP contribution in [0.2, 0.25) is 0 Å². The SMILES string of the molecule is COc1nc(C(=O)NCc2ccc(N3CCOCC3)cc2)cc2ccccc12. The van der Waals surface area contributed by atoms with E-state index in [1.807, 2.05) is 36.4 Å². The second-order valence-electron chi connectivity index (χ2n) is 6.69. The van der Waals surface area contributed by atoms with Gasteiger partial charge in [0.2, 0.25) is 5.88 Å². The third kappa shape index (κ3) is 3.92. The summed E-state index contributed by atoms with van der Waals surface area (Å²) in [6.07, 6.45) is 0. The zero-order valence-electron chi connectivity index (χ0n) is 15.9. The summed E-state index contributed by atoms with van der Waals surface area (Å²) in [5.41, 5.74) is 2.57. The third-order valence-corrected chi connectivity index (χ3v) is 4.90. The van der Waals surface area contributed by atoms with Crippen molar-refractivity contribution >= 4 is 22.4 Å². The van der Waals surface area contributed by atoms with E-state index in [0.717, 1.165) is 42.6 Å². The predicted molar refractivity (Wildman–Crippen MR) is 109 cm³/mol. The van der Waals surface area contributed by atoms with Crippen LogP contribution in [-0.2, 0) is 11.3 Å². The molecule has 28 heavy (non-hydrogen) atoms. The lowest BCUT2D eigenvalue weighted by Gasteiger charge is -2.28. The fourth-order valence-corrected chi connectivity index (χ4v) is 3.36. The second-order valence-corrected chi connectivity index (χ2v) is 6.69. The van der Waals surface area contributed by atoms with Crippen molar-refractivity contribution in [3.05, 3.63) is 65.9 Å². The smallest absolute Gasteiger partial charge is 0.270 e. The monoisotopic (exact) mass is 377 g/mol. The number of rotatable bonds is 5. The number of ether oxygens (including phenoxy) is 2.